The van der Waals surface area contributed by atoms with Crippen molar-refractivity contribution in [1.29, 1.82) is 0 Å². The van der Waals surface area contributed by atoms with Gasteiger partial charge in [0, 0.05) is 54.1 Å². The van der Waals surface area contributed by atoms with Crippen LogP contribution >= 0.6 is 0 Å². The van der Waals surface area contributed by atoms with Crippen LogP contribution in [0.1, 0.15) is 16.8 Å². The third-order valence-electron chi connectivity index (χ3n) is 4.83. The molecule has 1 aromatic carbocycles. The number of nitrogens with zero attached hydrogens (tertiary/aromatic N) is 4. The monoisotopic (exact) mass is 413 g/mol. The third-order valence-corrected chi connectivity index (χ3v) is 4.83. The van der Waals surface area contributed by atoms with E-state index in [1.165, 1.54) is 0 Å². The van der Waals surface area contributed by atoms with E-state index in [1.807, 2.05) is 62.4 Å². The summed E-state index contributed by atoms with van der Waals surface area (Å²) in [4.78, 5) is 17.8. The first kappa shape index (κ1) is 20.3. The van der Waals surface area contributed by atoms with Gasteiger partial charge in [-0.3, -0.25) is 4.98 Å². The van der Waals surface area contributed by atoms with Gasteiger partial charge in [0.15, 0.2) is 5.82 Å². The molecule has 1 N–H and O–H groups in total. The van der Waals surface area contributed by atoms with Gasteiger partial charge in [0.05, 0.1) is 7.11 Å². The Morgan fingerprint density at radius 1 is 0.935 bits per heavy atom. The van der Waals surface area contributed by atoms with Gasteiger partial charge in [-0.15, -0.1) is 0 Å². The number of benzene rings is 1. The molecule has 0 saturated carbocycles. The van der Waals surface area contributed by atoms with Crippen LogP contribution in [0.2, 0.25) is 0 Å². The molecule has 0 aliphatic rings. The largest absolute Gasteiger partial charge is 0.497 e. The van der Waals surface area contributed by atoms with E-state index in [9.17, 15) is 0 Å². The van der Waals surface area contributed by atoms with Gasteiger partial charge < -0.3 is 14.8 Å². The topological polar surface area (TPSA) is 82.0 Å². The van der Waals surface area contributed by atoms with Crippen LogP contribution in [-0.2, 0) is 6.54 Å². The van der Waals surface area contributed by atoms with Crippen molar-refractivity contribution < 1.29 is 9.47 Å². The van der Waals surface area contributed by atoms with Gasteiger partial charge in [-0.05, 0) is 43.7 Å². The lowest BCUT2D eigenvalue weighted by Gasteiger charge is -2.12. The number of hydrogen-bond acceptors (Lipinski definition) is 7. The second kappa shape index (κ2) is 9.21. The summed E-state index contributed by atoms with van der Waals surface area (Å²) in [6, 6.07) is 15.1. The summed E-state index contributed by atoms with van der Waals surface area (Å²) in [5.74, 6) is 3.37. The summed E-state index contributed by atoms with van der Waals surface area (Å²) in [6.45, 7) is 4.57. The molecule has 156 valence electrons. The van der Waals surface area contributed by atoms with Crippen molar-refractivity contribution in [3.05, 3.63) is 83.9 Å². The van der Waals surface area contributed by atoms with Crippen LogP contribution in [0, 0.1) is 13.8 Å². The normalized spacial score (nSPS) is 10.5. The van der Waals surface area contributed by atoms with Crippen LogP contribution in [0.3, 0.4) is 0 Å². The van der Waals surface area contributed by atoms with E-state index in [4.69, 9.17) is 9.47 Å². The summed E-state index contributed by atoms with van der Waals surface area (Å²) in [7, 11) is 1.62. The molecule has 4 rings (SSSR count). The zero-order valence-corrected chi connectivity index (χ0v) is 17.7. The smallest absolute Gasteiger partial charge is 0.219 e. The first-order chi connectivity index (χ1) is 15.1. The molecule has 0 amide bonds. The molecule has 3 heterocycles. The second-order valence-corrected chi connectivity index (χ2v) is 6.99. The van der Waals surface area contributed by atoms with Crippen LogP contribution < -0.4 is 14.8 Å². The van der Waals surface area contributed by atoms with Crippen molar-refractivity contribution in [3.63, 3.8) is 0 Å². The van der Waals surface area contributed by atoms with Crippen LogP contribution in [0.15, 0.2) is 67.1 Å². The Labute approximate surface area is 181 Å². The SMILES string of the molecule is COc1cccc(Oc2ccc(CNc3nc(-c4cccnc4)nc(C)c3C)cn2)c1. The molecule has 0 aliphatic heterocycles. The maximum Gasteiger partial charge on any atom is 0.219 e. The zero-order valence-electron chi connectivity index (χ0n) is 17.7. The Kier molecular flexibility index (Phi) is 6.03. The number of pyridine rings is 2. The minimum absolute atomic E-state index is 0.518. The van der Waals surface area contributed by atoms with Crippen molar-refractivity contribution in [1.82, 2.24) is 19.9 Å². The Hall–Kier alpha value is -4.00. The zero-order chi connectivity index (χ0) is 21.6. The molecular weight excluding hydrogens is 390 g/mol. The molecule has 4 aromatic rings. The number of hydrogen-bond donors (Lipinski definition) is 1. The predicted octanol–water partition coefficient (Wildman–Crippen LogP) is 4.96. The van der Waals surface area contributed by atoms with Crippen molar-refractivity contribution in [2.24, 2.45) is 0 Å². The number of nitrogens with one attached hydrogen (secondary N) is 1. The highest BCUT2D eigenvalue weighted by Crippen LogP contribution is 2.24. The highest BCUT2D eigenvalue weighted by Gasteiger charge is 2.10. The maximum atomic E-state index is 5.80. The first-order valence-corrected chi connectivity index (χ1v) is 9.89. The minimum atomic E-state index is 0.518. The van der Waals surface area contributed by atoms with E-state index < -0.39 is 0 Å². The van der Waals surface area contributed by atoms with Crippen molar-refractivity contribution in [2.75, 3.05) is 12.4 Å². The van der Waals surface area contributed by atoms with Crippen molar-refractivity contribution in [3.8, 4) is 28.8 Å². The van der Waals surface area contributed by atoms with Gasteiger partial charge in [0.25, 0.3) is 0 Å². The Morgan fingerprint density at radius 2 is 1.81 bits per heavy atom. The van der Waals surface area contributed by atoms with Gasteiger partial charge in [0.2, 0.25) is 5.88 Å². The van der Waals surface area contributed by atoms with Crippen molar-refractivity contribution in [2.45, 2.75) is 20.4 Å². The van der Waals surface area contributed by atoms with E-state index in [0.29, 0.717) is 24.0 Å². The van der Waals surface area contributed by atoms with Gasteiger partial charge in [-0.25, -0.2) is 15.0 Å². The highest BCUT2D eigenvalue weighted by molar-refractivity contribution is 5.58. The van der Waals surface area contributed by atoms with Crippen LogP contribution in [0.4, 0.5) is 5.82 Å². The van der Waals surface area contributed by atoms with Gasteiger partial charge in [0.1, 0.15) is 17.3 Å². The molecule has 0 spiro atoms. The highest BCUT2D eigenvalue weighted by atomic mass is 16.5. The van der Waals surface area contributed by atoms with Gasteiger partial charge in [-0.2, -0.15) is 0 Å². The minimum Gasteiger partial charge on any atom is -0.497 e. The van der Waals surface area contributed by atoms with E-state index in [0.717, 1.165) is 34.0 Å². The number of aryl methyl sites for hydroxylation is 1. The van der Waals surface area contributed by atoms with Crippen LogP contribution in [0.25, 0.3) is 11.4 Å². The number of aromatic nitrogens is 4. The molecule has 0 saturated heterocycles. The summed E-state index contributed by atoms with van der Waals surface area (Å²) >= 11 is 0. The Bertz CT molecular complexity index is 1160. The fourth-order valence-corrected chi connectivity index (χ4v) is 2.97. The average Bonchev–Trinajstić information content (AvgIpc) is 2.81. The molecule has 7 heteroatoms. The number of rotatable bonds is 7. The van der Waals surface area contributed by atoms with Gasteiger partial charge in [-0.1, -0.05) is 12.1 Å². The summed E-state index contributed by atoms with van der Waals surface area (Å²) in [6.07, 6.45) is 5.28. The van der Waals surface area contributed by atoms with Crippen molar-refractivity contribution >= 4 is 5.82 Å². The molecular formula is C24H23N5O2. The fraction of sp³-hybridized carbons (Fsp3) is 0.167. The lowest BCUT2D eigenvalue weighted by molar-refractivity contribution is 0.407. The molecule has 0 aliphatic carbocycles. The Balaban J connectivity index is 1.45. The fourth-order valence-electron chi connectivity index (χ4n) is 2.97. The molecule has 3 aromatic heterocycles. The first-order valence-electron chi connectivity index (χ1n) is 9.89. The number of ether oxygens (including phenoxy) is 2. The second-order valence-electron chi connectivity index (χ2n) is 6.99. The molecule has 31 heavy (non-hydrogen) atoms. The molecule has 0 unspecified atom stereocenters. The summed E-state index contributed by atoms with van der Waals surface area (Å²) < 4.78 is 11.0. The van der Waals surface area contributed by atoms with E-state index in [-0.39, 0.29) is 0 Å². The molecule has 0 fully saturated rings. The molecule has 7 nitrogen and oxygen atoms in total. The summed E-state index contributed by atoms with van der Waals surface area (Å²) in [5, 5.41) is 3.40. The lowest BCUT2D eigenvalue weighted by atomic mass is 10.2. The van der Waals surface area contributed by atoms with E-state index in [1.54, 1.807) is 25.7 Å². The van der Waals surface area contributed by atoms with E-state index in [2.05, 4.69) is 25.3 Å². The average molecular weight is 413 g/mol. The van der Waals surface area contributed by atoms with Crippen LogP contribution in [-0.4, -0.2) is 27.0 Å². The van der Waals surface area contributed by atoms with Gasteiger partial charge >= 0.3 is 0 Å². The predicted molar refractivity (Wildman–Crippen MR) is 119 cm³/mol. The van der Waals surface area contributed by atoms with E-state index >= 15 is 0 Å². The summed E-state index contributed by atoms with van der Waals surface area (Å²) in [5.41, 5.74) is 3.83. The third kappa shape index (κ3) is 4.95. The maximum absolute atomic E-state index is 5.80. The molecule has 0 bridgehead atoms. The number of methoxy groups -OCH3 is 1. The standard InChI is InChI=1S/C24H23N5O2/c1-16-17(2)28-24(19-6-5-11-25-15-19)29-23(16)27-14-18-9-10-22(26-13-18)31-21-8-4-7-20(12-21)30-3/h4-13,15H,14H2,1-3H3,(H,27,28,29). The lowest BCUT2D eigenvalue weighted by Crippen LogP contribution is -2.07. The molecule has 0 atom stereocenters. The quantitative estimate of drug-likeness (QED) is 0.458. The van der Waals surface area contributed by atoms with Crippen LogP contribution in [0.5, 0.6) is 17.4 Å². The Morgan fingerprint density at radius 3 is 2.55 bits per heavy atom. The number of anilines is 1. The molecule has 0 radical (unpaired) electrons.